The highest BCUT2D eigenvalue weighted by Gasteiger charge is 2.10. The van der Waals surface area contributed by atoms with Gasteiger partial charge in [0, 0.05) is 38.3 Å². The lowest BCUT2D eigenvalue weighted by molar-refractivity contribution is 0.112. The number of aromatic nitrogens is 2. The second kappa shape index (κ2) is 7.54. The zero-order valence-electron chi connectivity index (χ0n) is 10.2. The molecule has 92 valence electrons. The van der Waals surface area contributed by atoms with Gasteiger partial charge in [-0.05, 0) is 13.5 Å². The average molecular weight is 244 g/mol. The number of anilines is 1. The quantitative estimate of drug-likeness (QED) is 0.701. The van der Waals surface area contributed by atoms with E-state index in [1.807, 2.05) is 14.0 Å². The molecule has 0 aliphatic rings. The third kappa shape index (κ3) is 4.03. The number of nitrogens with zero attached hydrogens (tertiary/aromatic N) is 3. The van der Waals surface area contributed by atoms with Crippen LogP contribution in [0.3, 0.4) is 0 Å². The van der Waals surface area contributed by atoms with Crippen molar-refractivity contribution < 1.29 is 4.74 Å². The summed E-state index contributed by atoms with van der Waals surface area (Å²) in [6, 6.07) is 0. The van der Waals surface area contributed by atoms with E-state index in [1.54, 1.807) is 0 Å². The fourth-order valence-electron chi connectivity index (χ4n) is 1.40. The normalized spacial score (nSPS) is 11.0. The van der Waals surface area contributed by atoms with Crippen molar-refractivity contribution in [3.8, 4) is 0 Å². The van der Waals surface area contributed by atoms with Gasteiger partial charge in [0.25, 0.3) is 0 Å². The number of rotatable bonds is 8. The molecule has 6 heteroatoms. The largest absolute Gasteiger partial charge is 0.380 e. The van der Waals surface area contributed by atoms with Crippen molar-refractivity contribution in [1.29, 1.82) is 0 Å². The Balaban J connectivity index is 2.43. The molecule has 0 spiro atoms. The predicted molar refractivity (Wildman–Crippen MR) is 66.9 cm³/mol. The summed E-state index contributed by atoms with van der Waals surface area (Å²) < 4.78 is 9.30. The molecule has 0 aliphatic heterocycles. The lowest BCUT2D eigenvalue weighted by Gasteiger charge is -2.19. The van der Waals surface area contributed by atoms with Gasteiger partial charge in [-0.3, -0.25) is 4.90 Å². The molecule has 1 aromatic heterocycles. The van der Waals surface area contributed by atoms with Gasteiger partial charge in [0.1, 0.15) is 10.7 Å². The Labute approximate surface area is 101 Å². The molecule has 1 rings (SSSR count). The number of hydrogen-bond acceptors (Lipinski definition) is 6. The second-order valence-electron chi connectivity index (χ2n) is 3.36. The van der Waals surface area contributed by atoms with Gasteiger partial charge in [-0.25, -0.2) is 0 Å². The smallest absolute Gasteiger partial charge is 0.134 e. The van der Waals surface area contributed by atoms with Gasteiger partial charge in [0.2, 0.25) is 0 Å². The van der Waals surface area contributed by atoms with Crippen molar-refractivity contribution in [2.75, 3.05) is 38.7 Å². The van der Waals surface area contributed by atoms with E-state index >= 15 is 0 Å². The minimum Gasteiger partial charge on any atom is -0.380 e. The van der Waals surface area contributed by atoms with Crippen LogP contribution in [0, 0.1) is 0 Å². The van der Waals surface area contributed by atoms with Gasteiger partial charge >= 0.3 is 0 Å². The van der Waals surface area contributed by atoms with Crippen LogP contribution in [0.1, 0.15) is 19.5 Å². The van der Waals surface area contributed by atoms with Crippen molar-refractivity contribution in [1.82, 2.24) is 14.5 Å². The summed E-state index contributed by atoms with van der Waals surface area (Å²) in [5, 5.41) is 8.29. The van der Waals surface area contributed by atoms with E-state index in [0.717, 1.165) is 43.5 Å². The molecule has 0 amide bonds. The van der Waals surface area contributed by atoms with Crippen LogP contribution in [0.2, 0.25) is 0 Å². The molecule has 0 saturated carbocycles. The summed E-state index contributed by atoms with van der Waals surface area (Å²) in [5.41, 5.74) is 1.02. The molecule has 0 fully saturated rings. The summed E-state index contributed by atoms with van der Waals surface area (Å²) in [7, 11) is 1.90. The van der Waals surface area contributed by atoms with Crippen LogP contribution in [-0.4, -0.2) is 47.8 Å². The van der Waals surface area contributed by atoms with Crippen LogP contribution in [0.4, 0.5) is 5.00 Å². The second-order valence-corrected chi connectivity index (χ2v) is 4.12. The Morgan fingerprint density at radius 2 is 2.25 bits per heavy atom. The van der Waals surface area contributed by atoms with E-state index in [1.165, 1.54) is 11.5 Å². The van der Waals surface area contributed by atoms with E-state index in [4.69, 9.17) is 4.74 Å². The number of hydrogen-bond donors (Lipinski definition) is 1. The van der Waals surface area contributed by atoms with Crippen molar-refractivity contribution in [3.05, 3.63) is 5.69 Å². The van der Waals surface area contributed by atoms with E-state index in [0.29, 0.717) is 0 Å². The lowest BCUT2D eigenvalue weighted by Crippen LogP contribution is -2.27. The minimum absolute atomic E-state index is 0.775. The maximum absolute atomic E-state index is 5.35. The Hall–Kier alpha value is -0.720. The average Bonchev–Trinajstić information content (AvgIpc) is 2.75. The Morgan fingerprint density at radius 1 is 1.44 bits per heavy atom. The van der Waals surface area contributed by atoms with Gasteiger partial charge in [-0.15, -0.1) is 5.10 Å². The van der Waals surface area contributed by atoms with Crippen LogP contribution in [-0.2, 0) is 11.3 Å². The highest BCUT2D eigenvalue weighted by molar-refractivity contribution is 7.10. The summed E-state index contributed by atoms with van der Waals surface area (Å²) in [5.74, 6) is 0. The maximum atomic E-state index is 5.35. The molecule has 1 aromatic rings. The SMILES string of the molecule is CCOCCN(CC)Cc1nnsc1NC. The first-order valence-corrected chi connectivity index (χ1v) is 6.38. The fourth-order valence-corrected chi connectivity index (χ4v) is 1.92. The molecule has 0 bridgehead atoms. The first-order chi connectivity index (χ1) is 7.81. The van der Waals surface area contributed by atoms with Crippen molar-refractivity contribution in [2.24, 2.45) is 0 Å². The summed E-state index contributed by atoms with van der Waals surface area (Å²) in [4.78, 5) is 2.30. The van der Waals surface area contributed by atoms with Crippen LogP contribution >= 0.6 is 11.5 Å². The number of nitrogens with one attached hydrogen (secondary N) is 1. The lowest BCUT2D eigenvalue weighted by atomic mass is 10.4. The summed E-state index contributed by atoms with van der Waals surface area (Å²) >= 11 is 1.40. The molecular weight excluding hydrogens is 224 g/mol. The number of ether oxygens (including phenoxy) is 1. The zero-order valence-corrected chi connectivity index (χ0v) is 11.0. The molecular formula is C10H20N4OS. The van der Waals surface area contributed by atoms with Gasteiger partial charge in [0.15, 0.2) is 0 Å². The molecule has 0 atom stereocenters. The summed E-state index contributed by atoms with van der Waals surface area (Å²) in [6.45, 7) is 8.47. The molecule has 0 aliphatic carbocycles. The zero-order chi connectivity index (χ0) is 11.8. The standard InChI is InChI=1S/C10H20N4OS/c1-4-14(6-7-15-5-2)8-9-10(11-3)16-13-12-9/h11H,4-8H2,1-3H3. The predicted octanol–water partition coefficient (Wildman–Crippen LogP) is 1.44. The van der Waals surface area contributed by atoms with E-state index < -0.39 is 0 Å². The molecule has 0 radical (unpaired) electrons. The molecule has 0 saturated heterocycles. The van der Waals surface area contributed by atoms with Crippen molar-refractivity contribution >= 4 is 16.5 Å². The van der Waals surface area contributed by atoms with E-state index in [9.17, 15) is 0 Å². The van der Waals surface area contributed by atoms with Crippen LogP contribution in [0.5, 0.6) is 0 Å². The first kappa shape index (κ1) is 13.3. The monoisotopic (exact) mass is 244 g/mol. The first-order valence-electron chi connectivity index (χ1n) is 5.60. The van der Waals surface area contributed by atoms with Crippen LogP contribution in [0.25, 0.3) is 0 Å². The number of likely N-dealkylation sites (N-methyl/N-ethyl adjacent to an activating group) is 1. The van der Waals surface area contributed by atoms with Crippen molar-refractivity contribution in [3.63, 3.8) is 0 Å². The van der Waals surface area contributed by atoms with Crippen molar-refractivity contribution in [2.45, 2.75) is 20.4 Å². The minimum atomic E-state index is 0.775. The Kier molecular flexibility index (Phi) is 6.29. The third-order valence-corrected chi connectivity index (χ3v) is 3.14. The topological polar surface area (TPSA) is 50.3 Å². The molecule has 16 heavy (non-hydrogen) atoms. The Bertz CT molecular complexity index is 292. The van der Waals surface area contributed by atoms with Gasteiger partial charge in [0.05, 0.1) is 6.61 Å². The molecule has 0 aromatic carbocycles. The van der Waals surface area contributed by atoms with Gasteiger partial charge in [-0.2, -0.15) is 0 Å². The van der Waals surface area contributed by atoms with Crippen LogP contribution in [0.15, 0.2) is 0 Å². The van der Waals surface area contributed by atoms with Gasteiger partial charge in [-0.1, -0.05) is 11.4 Å². The molecule has 1 heterocycles. The van der Waals surface area contributed by atoms with Crippen LogP contribution < -0.4 is 5.32 Å². The maximum Gasteiger partial charge on any atom is 0.134 e. The highest BCUT2D eigenvalue weighted by atomic mass is 32.1. The Morgan fingerprint density at radius 3 is 2.88 bits per heavy atom. The molecule has 1 N–H and O–H groups in total. The summed E-state index contributed by atoms with van der Waals surface area (Å²) in [6.07, 6.45) is 0. The third-order valence-electron chi connectivity index (χ3n) is 2.36. The highest BCUT2D eigenvalue weighted by Crippen LogP contribution is 2.18. The molecule has 5 nitrogen and oxygen atoms in total. The van der Waals surface area contributed by atoms with E-state index in [2.05, 4.69) is 26.7 Å². The van der Waals surface area contributed by atoms with E-state index in [-0.39, 0.29) is 0 Å². The van der Waals surface area contributed by atoms with Gasteiger partial charge < -0.3 is 10.1 Å². The molecule has 0 unspecified atom stereocenters. The fraction of sp³-hybridized carbons (Fsp3) is 0.800.